The molecule has 4 rings (SSSR count). The summed E-state index contributed by atoms with van der Waals surface area (Å²) in [5, 5.41) is 3.56. The van der Waals surface area contributed by atoms with E-state index in [1.54, 1.807) is 24.3 Å². The van der Waals surface area contributed by atoms with Crippen molar-refractivity contribution >= 4 is 28.5 Å². The summed E-state index contributed by atoms with van der Waals surface area (Å²) in [6.45, 7) is 3.57. The van der Waals surface area contributed by atoms with Gasteiger partial charge in [0.1, 0.15) is 11.6 Å². The quantitative estimate of drug-likeness (QED) is 0.272. The molecule has 0 aliphatic heterocycles. The maximum Gasteiger partial charge on any atom is 0.257 e. The third-order valence-electron chi connectivity index (χ3n) is 5.78. The summed E-state index contributed by atoms with van der Waals surface area (Å²) < 4.78 is 7.80. The van der Waals surface area contributed by atoms with Crippen LogP contribution in [0.15, 0.2) is 72.8 Å². The van der Waals surface area contributed by atoms with Gasteiger partial charge >= 0.3 is 0 Å². The number of rotatable bonds is 11. The summed E-state index contributed by atoms with van der Waals surface area (Å²) >= 11 is 5.85. The van der Waals surface area contributed by atoms with Gasteiger partial charge < -0.3 is 14.6 Å². The number of nitrogens with one attached hydrogen (secondary N) is 1. The van der Waals surface area contributed by atoms with Crippen LogP contribution in [0.2, 0.25) is 5.02 Å². The maximum absolute atomic E-state index is 12.0. The number of aromatic nitrogens is 2. The van der Waals surface area contributed by atoms with E-state index in [-0.39, 0.29) is 12.5 Å². The van der Waals surface area contributed by atoms with Crippen molar-refractivity contribution < 1.29 is 9.53 Å². The summed E-state index contributed by atoms with van der Waals surface area (Å²) in [6, 6.07) is 24.0. The topological polar surface area (TPSA) is 56.2 Å². The number of nitrogens with zero attached hydrogens (tertiary/aromatic N) is 2. The first-order valence-corrected chi connectivity index (χ1v) is 12.1. The number of imidazole rings is 1. The minimum atomic E-state index is -0.116. The lowest BCUT2D eigenvalue weighted by Gasteiger charge is -2.10. The predicted molar refractivity (Wildman–Crippen MR) is 138 cm³/mol. The standard InChI is InChI=1S/C28H30ClN3O2/c1-21-10-12-22(13-11-21)19-32-26-8-5-4-7-25(26)31-27(32)9-3-2-6-18-30-28(33)20-34-24-16-14-23(29)15-17-24/h4-5,7-8,10-17H,2-3,6,9,18-20H2,1H3,(H,30,33). The number of carbonyl (C=O) groups is 1. The smallest absolute Gasteiger partial charge is 0.257 e. The van der Waals surface area contributed by atoms with Crippen molar-refractivity contribution in [3.8, 4) is 5.75 Å². The van der Waals surface area contributed by atoms with E-state index >= 15 is 0 Å². The average Bonchev–Trinajstić information content (AvgIpc) is 3.19. The number of aryl methyl sites for hydroxylation is 2. The van der Waals surface area contributed by atoms with Crippen LogP contribution in [-0.4, -0.2) is 28.6 Å². The highest BCUT2D eigenvalue weighted by Gasteiger charge is 2.11. The van der Waals surface area contributed by atoms with E-state index in [2.05, 4.69) is 59.3 Å². The molecule has 0 fully saturated rings. The number of hydrogen-bond donors (Lipinski definition) is 1. The monoisotopic (exact) mass is 475 g/mol. The number of hydrogen-bond acceptors (Lipinski definition) is 3. The van der Waals surface area contributed by atoms with E-state index in [1.807, 2.05) is 6.07 Å². The van der Waals surface area contributed by atoms with Gasteiger partial charge in [0, 0.05) is 24.5 Å². The molecule has 0 unspecified atom stereocenters. The largest absolute Gasteiger partial charge is 0.484 e. The number of carbonyl (C=O) groups excluding carboxylic acids is 1. The SMILES string of the molecule is Cc1ccc(Cn2c(CCCCCNC(=O)COc3ccc(Cl)cc3)nc3ccccc32)cc1. The Bertz CT molecular complexity index is 1220. The van der Waals surface area contributed by atoms with Crippen LogP contribution >= 0.6 is 11.6 Å². The normalized spacial score (nSPS) is 11.0. The molecule has 0 saturated carbocycles. The molecule has 1 heterocycles. The fourth-order valence-corrected chi connectivity index (χ4v) is 4.04. The number of ether oxygens (including phenoxy) is 1. The summed E-state index contributed by atoms with van der Waals surface area (Å²) in [5.41, 5.74) is 4.75. The van der Waals surface area contributed by atoms with Crippen LogP contribution < -0.4 is 10.1 Å². The molecule has 1 amide bonds. The van der Waals surface area contributed by atoms with Gasteiger partial charge in [-0.05, 0) is 61.7 Å². The van der Waals surface area contributed by atoms with E-state index in [4.69, 9.17) is 21.3 Å². The molecule has 1 N–H and O–H groups in total. The molecule has 0 atom stereocenters. The van der Waals surface area contributed by atoms with Crippen LogP contribution in [0.5, 0.6) is 5.75 Å². The Kier molecular flexibility index (Phi) is 8.21. The first kappa shape index (κ1) is 23.8. The van der Waals surface area contributed by atoms with Crippen molar-refractivity contribution in [1.82, 2.24) is 14.9 Å². The lowest BCUT2D eigenvalue weighted by molar-refractivity contribution is -0.123. The van der Waals surface area contributed by atoms with E-state index in [0.717, 1.165) is 43.6 Å². The summed E-state index contributed by atoms with van der Waals surface area (Å²) in [5.74, 6) is 1.63. The fraction of sp³-hybridized carbons (Fsp3) is 0.286. The van der Waals surface area contributed by atoms with Crippen LogP contribution in [0.25, 0.3) is 11.0 Å². The molecule has 0 radical (unpaired) electrons. The first-order chi connectivity index (χ1) is 16.6. The van der Waals surface area contributed by atoms with Gasteiger partial charge in [0.05, 0.1) is 11.0 Å². The number of fused-ring (bicyclic) bond motifs is 1. The molecule has 0 saturated heterocycles. The molecule has 0 aliphatic rings. The highest BCUT2D eigenvalue weighted by atomic mass is 35.5. The van der Waals surface area contributed by atoms with Crippen molar-refractivity contribution in [1.29, 1.82) is 0 Å². The third-order valence-corrected chi connectivity index (χ3v) is 6.03. The highest BCUT2D eigenvalue weighted by Crippen LogP contribution is 2.20. The molecule has 1 aromatic heterocycles. The lowest BCUT2D eigenvalue weighted by Crippen LogP contribution is -2.29. The van der Waals surface area contributed by atoms with Crippen LogP contribution in [0.3, 0.4) is 0 Å². The summed E-state index contributed by atoms with van der Waals surface area (Å²) in [6.07, 6.45) is 3.87. The first-order valence-electron chi connectivity index (χ1n) is 11.7. The minimum Gasteiger partial charge on any atom is -0.484 e. The molecule has 0 spiro atoms. The molecule has 34 heavy (non-hydrogen) atoms. The van der Waals surface area contributed by atoms with Gasteiger partial charge in [-0.3, -0.25) is 4.79 Å². The fourth-order valence-electron chi connectivity index (χ4n) is 3.91. The van der Waals surface area contributed by atoms with Crippen LogP contribution in [0.1, 0.15) is 36.2 Å². The van der Waals surface area contributed by atoms with Crippen molar-refractivity contribution in [2.45, 2.75) is 39.2 Å². The summed E-state index contributed by atoms with van der Waals surface area (Å²) in [4.78, 5) is 16.9. The number of halogens is 1. The third kappa shape index (κ3) is 6.61. The number of amides is 1. The van der Waals surface area contributed by atoms with Gasteiger partial charge in [-0.25, -0.2) is 4.98 Å². The molecule has 0 bridgehead atoms. The Labute approximate surface area is 205 Å². The molecule has 0 aliphatic carbocycles. The zero-order valence-electron chi connectivity index (χ0n) is 19.5. The van der Waals surface area contributed by atoms with Gasteiger partial charge in [0.15, 0.2) is 6.61 Å². The van der Waals surface area contributed by atoms with Crippen LogP contribution in [-0.2, 0) is 17.8 Å². The molecule has 4 aromatic rings. The Morgan fingerprint density at radius 1 is 0.971 bits per heavy atom. The number of benzene rings is 3. The Morgan fingerprint density at radius 3 is 2.53 bits per heavy atom. The second-order valence-corrected chi connectivity index (χ2v) is 8.93. The molecule has 5 nitrogen and oxygen atoms in total. The van der Waals surface area contributed by atoms with Crippen molar-refractivity contribution in [3.63, 3.8) is 0 Å². The number of unbranched alkanes of at least 4 members (excludes halogenated alkanes) is 2. The van der Waals surface area contributed by atoms with Crippen molar-refractivity contribution in [2.75, 3.05) is 13.2 Å². The Balaban J connectivity index is 1.23. The van der Waals surface area contributed by atoms with Gasteiger partial charge in [-0.2, -0.15) is 0 Å². The van der Waals surface area contributed by atoms with Crippen molar-refractivity contribution in [2.24, 2.45) is 0 Å². The van der Waals surface area contributed by atoms with Crippen LogP contribution in [0, 0.1) is 6.92 Å². The highest BCUT2D eigenvalue weighted by molar-refractivity contribution is 6.30. The van der Waals surface area contributed by atoms with Crippen LogP contribution in [0.4, 0.5) is 0 Å². The lowest BCUT2D eigenvalue weighted by atomic mass is 10.1. The van der Waals surface area contributed by atoms with Crippen molar-refractivity contribution in [3.05, 3.63) is 94.8 Å². The molecular formula is C28H30ClN3O2. The Hall–Kier alpha value is -3.31. The van der Waals surface area contributed by atoms with Gasteiger partial charge in [-0.1, -0.05) is 60.0 Å². The van der Waals surface area contributed by atoms with E-state index < -0.39 is 0 Å². The number of para-hydroxylation sites is 2. The molecule has 3 aromatic carbocycles. The maximum atomic E-state index is 12.0. The van der Waals surface area contributed by atoms with Gasteiger partial charge in [0.25, 0.3) is 5.91 Å². The van der Waals surface area contributed by atoms with Gasteiger partial charge in [-0.15, -0.1) is 0 Å². The zero-order valence-corrected chi connectivity index (χ0v) is 20.2. The summed E-state index contributed by atoms with van der Waals surface area (Å²) in [7, 11) is 0. The van der Waals surface area contributed by atoms with E-state index in [0.29, 0.717) is 17.3 Å². The van der Waals surface area contributed by atoms with E-state index in [9.17, 15) is 4.79 Å². The second-order valence-electron chi connectivity index (χ2n) is 8.49. The molecule has 176 valence electrons. The van der Waals surface area contributed by atoms with E-state index in [1.165, 1.54) is 16.6 Å². The predicted octanol–water partition coefficient (Wildman–Crippen LogP) is 5.95. The van der Waals surface area contributed by atoms with Gasteiger partial charge in [0.2, 0.25) is 0 Å². The second kappa shape index (κ2) is 11.7. The molecule has 6 heteroatoms. The zero-order chi connectivity index (χ0) is 23.8. The average molecular weight is 476 g/mol. The molecular weight excluding hydrogens is 446 g/mol. The minimum absolute atomic E-state index is 0.00463. The Morgan fingerprint density at radius 2 is 1.74 bits per heavy atom.